The van der Waals surface area contributed by atoms with Gasteiger partial charge in [-0.05, 0) is 25.1 Å². The Hall–Kier alpha value is -1.79. The summed E-state index contributed by atoms with van der Waals surface area (Å²) in [5, 5.41) is 4.09. The highest BCUT2D eigenvalue weighted by molar-refractivity contribution is 5.30. The van der Waals surface area contributed by atoms with E-state index >= 15 is 0 Å². The van der Waals surface area contributed by atoms with Crippen molar-refractivity contribution in [2.45, 2.75) is 19.5 Å². The van der Waals surface area contributed by atoms with Crippen molar-refractivity contribution in [3.05, 3.63) is 53.4 Å². The van der Waals surface area contributed by atoms with E-state index in [0.717, 1.165) is 18.2 Å². The third-order valence-electron chi connectivity index (χ3n) is 2.75. The molecule has 96 valence electrons. The number of hydrogen-bond acceptors (Lipinski definition) is 3. The van der Waals surface area contributed by atoms with Gasteiger partial charge in [0.1, 0.15) is 11.6 Å². The molecule has 2 aromatic rings. The third kappa shape index (κ3) is 2.39. The molecule has 0 spiro atoms. The average molecular weight is 252 g/mol. The first-order chi connectivity index (χ1) is 8.65. The minimum atomic E-state index is -0.624. The molecule has 1 aromatic heterocycles. The minimum Gasteiger partial charge on any atom is -0.273 e. The van der Waals surface area contributed by atoms with Gasteiger partial charge in [0.15, 0.2) is 0 Å². The summed E-state index contributed by atoms with van der Waals surface area (Å²) < 4.78 is 28.6. The molecule has 0 saturated heterocycles. The molecule has 0 aliphatic carbocycles. The molecule has 1 aromatic carbocycles. The number of aryl methyl sites for hydroxylation is 1. The van der Waals surface area contributed by atoms with Crippen LogP contribution in [0.5, 0.6) is 0 Å². The largest absolute Gasteiger partial charge is 0.273 e. The maximum atomic E-state index is 13.7. The van der Waals surface area contributed by atoms with Crippen LogP contribution in [0.2, 0.25) is 0 Å². The normalized spacial score (nSPS) is 12.7. The van der Waals surface area contributed by atoms with Crippen LogP contribution in [-0.2, 0) is 6.54 Å². The molecule has 1 atom stereocenters. The van der Waals surface area contributed by atoms with Crippen molar-refractivity contribution in [2.75, 3.05) is 0 Å². The van der Waals surface area contributed by atoms with Gasteiger partial charge in [0.05, 0.1) is 12.2 Å². The maximum absolute atomic E-state index is 13.7. The standard InChI is InChI=1S/C12H14F2N4/c1-2-18-7-8(6-16-18)12(17-15)10-5-9(13)3-4-11(10)14/h3-7,12,17H,2,15H2,1H3. The van der Waals surface area contributed by atoms with Crippen LogP contribution in [-0.4, -0.2) is 9.78 Å². The first kappa shape index (κ1) is 12.7. The van der Waals surface area contributed by atoms with Crippen LogP contribution in [0.25, 0.3) is 0 Å². The Balaban J connectivity index is 2.41. The Bertz CT molecular complexity index is 539. The fourth-order valence-corrected chi connectivity index (χ4v) is 1.80. The van der Waals surface area contributed by atoms with Crippen molar-refractivity contribution in [3.8, 4) is 0 Å². The molecular weight excluding hydrogens is 238 g/mol. The summed E-state index contributed by atoms with van der Waals surface area (Å²) >= 11 is 0. The Morgan fingerprint density at radius 1 is 1.44 bits per heavy atom. The molecule has 0 radical (unpaired) electrons. The number of rotatable bonds is 4. The second kappa shape index (κ2) is 5.24. The Morgan fingerprint density at radius 3 is 2.83 bits per heavy atom. The summed E-state index contributed by atoms with van der Waals surface area (Å²) in [6.45, 7) is 2.63. The molecule has 2 rings (SSSR count). The van der Waals surface area contributed by atoms with Crippen molar-refractivity contribution in [1.29, 1.82) is 0 Å². The third-order valence-corrected chi connectivity index (χ3v) is 2.75. The maximum Gasteiger partial charge on any atom is 0.128 e. The molecule has 1 unspecified atom stereocenters. The van der Waals surface area contributed by atoms with Gasteiger partial charge in [-0.15, -0.1) is 0 Å². The molecule has 4 nitrogen and oxygen atoms in total. The van der Waals surface area contributed by atoms with Gasteiger partial charge in [-0.3, -0.25) is 10.5 Å². The van der Waals surface area contributed by atoms with E-state index in [1.54, 1.807) is 17.1 Å². The zero-order chi connectivity index (χ0) is 13.1. The van der Waals surface area contributed by atoms with Crippen LogP contribution in [0, 0.1) is 11.6 Å². The van der Waals surface area contributed by atoms with Crippen molar-refractivity contribution >= 4 is 0 Å². The molecule has 3 N–H and O–H groups in total. The SMILES string of the molecule is CCn1cc(C(NN)c2cc(F)ccc2F)cn1. The number of hydrogen-bond donors (Lipinski definition) is 2. The monoisotopic (exact) mass is 252 g/mol. The summed E-state index contributed by atoms with van der Waals surface area (Å²) in [7, 11) is 0. The van der Waals surface area contributed by atoms with Gasteiger partial charge < -0.3 is 0 Å². The molecular formula is C12H14F2N4. The van der Waals surface area contributed by atoms with Gasteiger partial charge in [-0.2, -0.15) is 5.10 Å². The molecule has 0 saturated carbocycles. The van der Waals surface area contributed by atoms with Crippen LogP contribution in [0.1, 0.15) is 24.1 Å². The Kier molecular flexibility index (Phi) is 3.69. The highest BCUT2D eigenvalue weighted by Crippen LogP contribution is 2.24. The van der Waals surface area contributed by atoms with Crippen molar-refractivity contribution in [1.82, 2.24) is 15.2 Å². The van der Waals surface area contributed by atoms with Crippen LogP contribution in [0.15, 0.2) is 30.6 Å². The number of nitrogens with two attached hydrogens (primary N) is 1. The molecule has 0 fully saturated rings. The first-order valence-corrected chi connectivity index (χ1v) is 5.59. The van der Waals surface area contributed by atoms with Gasteiger partial charge in [0.2, 0.25) is 0 Å². The predicted octanol–water partition coefficient (Wildman–Crippen LogP) is 1.73. The topological polar surface area (TPSA) is 55.9 Å². The van der Waals surface area contributed by atoms with Gasteiger partial charge >= 0.3 is 0 Å². The van der Waals surface area contributed by atoms with Crippen molar-refractivity contribution < 1.29 is 8.78 Å². The van der Waals surface area contributed by atoms with E-state index in [0.29, 0.717) is 12.1 Å². The van der Waals surface area contributed by atoms with E-state index in [9.17, 15) is 8.78 Å². The van der Waals surface area contributed by atoms with Gasteiger partial charge in [0, 0.05) is 23.9 Å². The first-order valence-electron chi connectivity index (χ1n) is 5.59. The van der Waals surface area contributed by atoms with Crippen LogP contribution in [0.3, 0.4) is 0 Å². The lowest BCUT2D eigenvalue weighted by Gasteiger charge is -2.15. The molecule has 6 heteroatoms. The number of aromatic nitrogens is 2. The average Bonchev–Trinajstić information content (AvgIpc) is 2.83. The second-order valence-corrected chi connectivity index (χ2v) is 3.89. The van der Waals surface area contributed by atoms with Crippen LogP contribution < -0.4 is 11.3 Å². The van der Waals surface area contributed by atoms with Gasteiger partial charge in [-0.25, -0.2) is 14.2 Å². The summed E-state index contributed by atoms with van der Waals surface area (Å²) in [5.41, 5.74) is 3.32. The van der Waals surface area contributed by atoms with E-state index in [-0.39, 0.29) is 5.56 Å². The molecule has 1 heterocycles. The summed E-state index contributed by atoms with van der Waals surface area (Å²) in [6.07, 6.45) is 3.33. The van der Waals surface area contributed by atoms with E-state index in [1.165, 1.54) is 0 Å². The molecule has 0 bridgehead atoms. The quantitative estimate of drug-likeness (QED) is 0.643. The zero-order valence-corrected chi connectivity index (χ0v) is 9.90. The molecule has 0 aliphatic heterocycles. The van der Waals surface area contributed by atoms with E-state index in [1.807, 2.05) is 6.92 Å². The number of nitrogens with one attached hydrogen (secondary N) is 1. The summed E-state index contributed by atoms with van der Waals surface area (Å²) in [4.78, 5) is 0. The molecule has 0 aliphatic rings. The zero-order valence-electron chi connectivity index (χ0n) is 9.90. The van der Waals surface area contributed by atoms with Gasteiger partial charge in [-0.1, -0.05) is 0 Å². The predicted molar refractivity (Wildman–Crippen MR) is 63.4 cm³/mol. The number of hydrazine groups is 1. The lowest BCUT2D eigenvalue weighted by molar-refractivity contribution is 0.545. The smallest absolute Gasteiger partial charge is 0.128 e. The van der Waals surface area contributed by atoms with E-state index in [2.05, 4.69) is 10.5 Å². The number of benzene rings is 1. The molecule has 18 heavy (non-hydrogen) atoms. The number of nitrogens with zero attached hydrogens (tertiary/aromatic N) is 2. The van der Waals surface area contributed by atoms with E-state index < -0.39 is 17.7 Å². The lowest BCUT2D eigenvalue weighted by atomic mass is 10.0. The van der Waals surface area contributed by atoms with E-state index in [4.69, 9.17) is 5.84 Å². The minimum absolute atomic E-state index is 0.160. The Labute approximate surface area is 103 Å². The highest BCUT2D eigenvalue weighted by Gasteiger charge is 2.18. The highest BCUT2D eigenvalue weighted by atomic mass is 19.1. The second-order valence-electron chi connectivity index (χ2n) is 3.89. The van der Waals surface area contributed by atoms with Crippen LogP contribution in [0.4, 0.5) is 8.78 Å². The Morgan fingerprint density at radius 2 is 2.22 bits per heavy atom. The fourth-order valence-electron chi connectivity index (χ4n) is 1.80. The van der Waals surface area contributed by atoms with Crippen molar-refractivity contribution in [3.63, 3.8) is 0 Å². The summed E-state index contributed by atoms with van der Waals surface area (Å²) in [5.74, 6) is 4.41. The fraction of sp³-hybridized carbons (Fsp3) is 0.250. The van der Waals surface area contributed by atoms with Crippen LogP contribution >= 0.6 is 0 Å². The number of halogens is 2. The molecule has 0 amide bonds. The summed E-state index contributed by atoms with van der Waals surface area (Å²) in [6, 6.07) is 2.66. The van der Waals surface area contributed by atoms with Gasteiger partial charge in [0.25, 0.3) is 0 Å². The van der Waals surface area contributed by atoms with Crippen molar-refractivity contribution in [2.24, 2.45) is 5.84 Å². The lowest BCUT2D eigenvalue weighted by Crippen LogP contribution is -2.29.